The zero-order valence-electron chi connectivity index (χ0n) is 12.1. The number of benzene rings is 2. The summed E-state index contributed by atoms with van der Waals surface area (Å²) in [6.07, 6.45) is 0. The molecule has 0 aliphatic rings. The van der Waals surface area contributed by atoms with Crippen LogP contribution in [-0.2, 0) is 0 Å². The molecule has 0 saturated carbocycles. The highest BCUT2D eigenvalue weighted by atomic mass is 32.2. The van der Waals surface area contributed by atoms with Gasteiger partial charge in [-0.1, -0.05) is 29.3 Å². The van der Waals surface area contributed by atoms with Crippen LogP contribution in [0.2, 0.25) is 0 Å². The highest BCUT2D eigenvalue weighted by molar-refractivity contribution is 7.99. The molecule has 0 amide bonds. The fourth-order valence-electron chi connectivity index (χ4n) is 2.17. The van der Waals surface area contributed by atoms with Crippen molar-refractivity contribution >= 4 is 17.4 Å². The summed E-state index contributed by atoms with van der Waals surface area (Å²) in [5, 5.41) is 10.6. The molecule has 2 rings (SSSR count). The van der Waals surface area contributed by atoms with Crippen LogP contribution < -0.4 is 5.73 Å². The smallest absolute Gasteiger partial charge is 0.269 e. The van der Waals surface area contributed by atoms with Crippen molar-refractivity contribution in [2.75, 3.05) is 5.75 Å². The molecule has 0 aliphatic heterocycles. The third-order valence-electron chi connectivity index (χ3n) is 3.15. The lowest BCUT2D eigenvalue weighted by Crippen LogP contribution is -2.13. The van der Waals surface area contributed by atoms with Gasteiger partial charge in [-0.05, 0) is 31.5 Å². The Morgan fingerprint density at radius 3 is 2.24 bits per heavy atom. The van der Waals surface area contributed by atoms with Gasteiger partial charge in [0.25, 0.3) is 5.69 Å². The van der Waals surface area contributed by atoms with Crippen LogP contribution in [0.4, 0.5) is 5.69 Å². The Hall–Kier alpha value is -1.85. The minimum atomic E-state index is -0.393. The van der Waals surface area contributed by atoms with Crippen LogP contribution >= 0.6 is 11.8 Å². The highest BCUT2D eigenvalue weighted by Crippen LogP contribution is 2.26. The molecule has 2 aromatic carbocycles. The lowest BCUT2D eigenvalue weighted by molar-refractivity contribution is -0.384. The molecule has 21 heavy (non-hydrogen) atoms. The summed E-state index contributed by atoms with van der Waals surface area (Å²) in [7, 11) is 0. The van der Waals surface area contributed by atoms with E-state index >= 15 is 0 Å². The number of nitrogens with two attached hydrogens (primary N) is 1. The van der Waals surface area contributed by atoms with Crippen molar-refractivity contribution in [3.63, 3.8) is 0 Å². The molecule has 0 heterocycles. The maximum Gasteiger partial charge on any atom is 0.269 e. The molecule has 0 aliphatic carbocycles. The second-order valence-electron chi connectivity index (χ2n) is 5.09. The third kappa shape index (κ3) is 4.31. The molecule has 110 valence electrons. The Bertz CT molecular complexity index is 621. The number of hydrogen-bond acceptors (Lipinski definition) is 4. The number of aryl methyl sites for hydroxylation is 2. The van der Waals surface area contributed by atoms with E-state index in [0.717, 1.165) is 16.2 Å². The molecule has 0 spiro atoms. The lowest BCUT2D eigenvalue weighted by atomic mass is 10.0. The zero-order valence-corrected chi connectivity index (χ0v) is 12.9. The van der Waals surface area contributed by atoms with E-state index in [2.05, 4.69) is 32.0 Å². The molecule has 5 heteroatoms. The Morgan fingerprint density at radius 2 is 1.71 bits per heavy atom. The van der Waals surface area contributed by atoms with Crippen molar-refractivity contribution in [1.82, 2.24) is 0 Å². The predicted octanol–water partition coefficient (Wildman–Crippen LogP) is 4.00. The number of nitro benzene ring substituents is 1. The zero-order chi connectivity index (χ0) is 15.4. The molecule has 2 N–H and O–H groups in total. The van der Waals surface area contributed by atoms with E-state index in [1.165, 1.54) is 23.3 Å². The molecule has 1 atom stereocenters. The first-order chi connectivity index (χ1) is 9.95. The average molecular weight is 302 g/mol. The molecule has 0 bridgehead atoms. The standard InChI is InChI=1S/C16H18N2O2S/c1-11-7-12(2)9-13(8-11)16(17)10-21-15-5-3-14(4-6-15)18(19)20/h3-9,16H,10,17H2,1-2H3. The maximum atomic E-state index is 10.6. The molecule has 0 fully saturated rings. The highest BCUT2D eigenvalue weighted by Gasteiger charge is 2.09. The Kier molecular flexibility index (Phi) is 4.98. The van der Waals surface area contributed by atoms with Crippen LogP contribution in [0.1, 0.15) is 22.7 Å². The van der Waals surface area contributed by atoms with Crippen LogP contribution in [0, 0.1) is 24.0 Å². The lowest BCUT2D eigenvalue weighted by Gasteiger charge is -2.13. The van der Waals surface area contributed by atoms with Crippen LogP contribution in [0.25, 0.3) is 0 Å². The minimum absolute atomic E-state index is 0.0520. The van der Waals surface area contributed by atoms with Crippen LogP contribution in [0.15, 0.2) is 47.4 Å². The van der Waals surface area contributed by atoms with Gasteiger partial charge in [0.05, 0.1) is 4.92 Å². The number of hydrogen-bond donors (Lipinski definition) is 1. The summed E-state index contributed by atoms with van der Waals surface area (Å²) < 4.78 is 0. The normalized spacial score (nSPS) is 12.1. The van der Waals surface area contributed by atoms with Gasteiger partial charge in [-0.25, -0.2) is 0 Å². The van der Waals surface area contributed by atoms with Gasteiger partial charge in [0.2, 0.25) is 0 Å². The summed E-state index contributed by atoms with van der Waals surface area (Å²) in [4.78, 5) is 11.2. The van der Waals surface area contributed by atoms with Gasteiger partial charge in [0, 0.05) is 28.8 Å². The molecule has 2 aromatic rings. The van der Waals surface area contributed by atoms with E-state index in [0.29, 0.717) is 0 Å². The van der Waals surface area contributed by atoms with Gasteiger partial charge in [0.15, 0.2) is 0 Å². The molecule has 0 radical (unpaired) electrons. The molecule has 0 aromatic heterocycles. The van der Waals surface area contributed by atoms with Gasteiger partial charge in [-0.3, -0.25) is 10.1 Å². The molecule has 4 nitrogen and oxygen atoms in total. The summed E-state index contributed by atoms with van der Waals surface area (Å²) in [6.45, 7) is 4.12. The van der Waals surface area contributed by atoms with Crippen LogP contribution in [0.5, 0.6) is 0 Å². The Morgan fingerprint density at radius 1 is 1.14 bits per heavy atom. The van der Waals surface area contributed by atoms with Crippen LogP contribution in [0.3, 0.4) is 0 Å². The number of nitrogens with zero attached hydrogens (tertiary/aromatic N) is 1. The maximum absolute atomic E-state index is 10.6. The van der Waals surface area contributed by atoms with Crippen molar-refractivity contribution < 1.29 is 4.92 Å². The van der Waals surface area contributed by atoms with Gasteiger partial charge in [-0.2, -0.15) is 0 Å². The topological polar surface area (TPSA) is 69.2 Å². The average Bonchev–Trinajstić information content (AvgIpc) is 2.44. The fourth-order valence-corrected chi connectivity index (χ4v) is 3.06. The van der Waals surface area contributed by atoms with Gasteiger partial charge >= 0.3 is 0 Å². The van der Waals surface area contributed by atoms with E-state index in [1.54, 1.807) is 23.9 Å². The van der Waals surface area contributed by atoms with E-state index in [1.807, 2.05) is 0 Å². The Balaban J connectivity index is 2.00. The fraction of sp³-hybridized carbons (Fsp3) is 0.250. The number of rotatable bonds is 5. The number of thioether (sulfide) groups is 1. The summed E-state index contributed by atoms with van der Waals surface area (Å²) in [5.74, 6) is 0.737. The second-order valence-corrected chi connectivity index (χ2v) is 6.18. The quantitative estimate of drug-likeness (QED) is 0.515. The number of nitro groups is 1. The monoisotopic (exact) mass is 302 g/mol. The van der Waals surface area contributed by atoms with Crippen molar-refractivity contribution in [2.45, 2.75) is 24.8 Å². The van der Waals surface area contributed by atoms with E-state index in [4.69, 9.17) is 5.73 Å². The first kappa shape index (κ1) is 15.5. The third-order valence-corrected chi connectivity index (χ3v) is 4.28. The van der Waals surface area contributed by atoms with Gasteiger partial charge in [0.1, 0.15) is 0 Å². The largest absolute Gasteiger partial charge is 0.323 e. The van der Waals surface area contributed by atoms with Gasteiger partial charge in [-0.15, -0.1) is 11.8 Å². The SMILES string of the molecule is Cc1cc(C)cc(C(N)CSc2ccc([N+](=O)[O-])cc2)c1. The second kappa shape index (κ2) is 6.74. The summed E-state index contributed by atoms with van der Waals surface area (Å²) in [5.41, 5.74) is 9.88. The van der Waals surface area contributed by atoms with E-state index in [9.17, 15) is 10.1 Å². The van der Waals surface area contributed by atoms with Crippen molar-refractivity contribution in [1.29, 1.82) is 0 Å². The van der Waals surface area contributed by atoms with Crippen molar-refractivity contribution in [3.05, 3.63) is 69.3 Å². The minimum Gasteiger partial charge on any atom is -0.323 e. The molecule has 1 unspecified atom stereocenters. The first-order valence-electron chi connectivity index (χ1n) is 6.67. The van der Waals surface area contributed by atoms with E-state index < -0.39 is 4.92 Å². The first-order valence-corrected chi connectivity index (χ1v) is 7.65. The molecular formula is C16H18N2O2S. The number of non-ortho nitro benzene ring substituents is 1. The van der Waals surface area contributed by atoms with Crippen molar-refractivity contribution in [2.24, 2.45) is 5.73 Å². The van der Waals surface area contributed by atoms with E-state index in [-0.39, 0.29) is 11.7 Å². The molecule has 0 saturated heterocycles. The van der Waals surface area contributed by atoms with Crippen LogP contribution in [-0.4, -0.2) is 10.7 Å². The Labute approximate surface area is 128 Å². The summed E-state index contributed by atoms with van der Waals surface area (Å²) >= 11 is 1.61. The molecular weight excluding hydrogens is 284 g/mol. The summed E-state index contributed by atoms with van der Waals surface area (Å²) in [6, 6.07) is 12.8. The van der Waals surface area contributed by atoms with Gasteiger partial charge < -0.3 is 5.73 Å². The van der Waals surface area contributed by atoms with Crippen molar-refractivity contribution in [3.8, 4) is 0 Å². The predicted molar refractivity (Wildman–Crippen MR) is 86.7 cm³/mol.